The number of nitrogens with one attached hydrogen (secondary N) is 2. The molecule has 8 nitrogen and oxygen atoms in total. The first kappa shape index (κ1) is 20.7. The summed E-state index contributed by atoms with van der Waals surface area (Å²) < 4.78 is 7.76. The minimum absolute atomic E-state index is 0.0355. The summed E-state index contributed by atoms with van der Waals surface area (Å²) in [6.07, 6.45) is 2.36. The third-order valence-corrected chi connectivity index (χ3v) is 5.64. The molecule has 2 N–H and O–H groups in total. The number of quaternary nitrogens is 1. The summed E-state index contributed by atoms with van der Waals surface area (Å²) in [7, 11) is 0. The Labute approximate surface area is 176 Å². The molecule has 3 heterocycles. The zero-order chi connectivity index (χ0) is 21.3. The van der Waals surface area contributed by atoms with Crippen LogP contribution in [0.5, 0.6) is 0 Å². The molecule has 1 aliphatic heterocycles. The number of tetrazole rings is 1. The van der Waals surface area contributed by atoms with Crippen molar-refractivity contribution < 1.29 is 9.64 Å². The summed E-state index contributed by atoms with van der Waals surface area (Å²) in [5, 5.41) is 13.4. The van der Waals surface area contributed by atoms with Crippen LogP contribution in [0.25, 0.3) is 10.9 Å². The zero-order valence-corrected chi connectivity index (χ0v) is 18.2. The maximum absolute atomic E-state index is 12.8. The van der Waals surface area contributed by atoms with Gasteiger partial charge in [-0.15, -0.1) is 5.10 Å². The molecule has 0 radical (unpaired) electrons. The fourth-order valence-corrected chi connectivity index (χ4v) is 4.17. The Morgan fingerprint density at radius 2 is 2.10 bits per heavy atom. The van der Waals surface area contributed by atoms with Crippen LogP contribution in [0.1, 0.15) is 50.6 Å². The van der Waals surface area contributed by atoms with Crippen molar-refractivity contribution in [2.24, 2.45) is 0 Å². The van der Waals surface area contributed by atoms with Gasteiger partial charge in [-0.05, 0) is 74.5 Å². The third-order valence-electron chi connectivity index (χ3n) is 5.64. The highest BCUT2D eigenvalue weighted by atomic mass is 16.5. The van der Waals surface area contributed by atoms with Crippen molar-refractivity contribution in [1.29, 1.82) is 0 Å². The molecule has 0 spiro atoms. The van der Waals surface area contributed by atoms with E-state index in [9.17, 15) is 4.79 Å². The van der Waals surface area contributed by atoms with E-state index in [1.54, 1.807) is 0 Å². The van der Waals surface area contributed by atoms with E-state index in [1.807, 2.05) is 22.9 Å². The lowest BCUT2D eigenvalue weighted by molar-refractivity contribution is -0.931. The highest BCUT2D eigenvalue weighted by molar-refractivity contribution is 5.79. The molecule has 1 aliphatic rings. The van der Waals surface area contributed by atoms with Crippen LogP contribution >= 0.6 is 0 Å². The van der Waals surface area contributed by atoms with Crippen molar-refractivity contribution in [2.75, 3.05) is 13.2 Å². The second-order valence-corrected chi connectivity index (χ2v) is 9.33. The van der Waals surface area contributed by atoms with Crippen LogP contribution < -0.4 is 10.5 Å². The van der Waals surface area contributed by atoms with Crippen LogP contribution in [0, 0.1) is 6.92 Å². The average Bonchev–Trinajstić information content (AvgIpc) is 3.34. The lowest BCUT2D eigenvalue weighted by Gasteiger charge is -2.24. The number of aromatic amines is 1. The number of aromatic nitrogens is 5. The van der Waals surface area contributed by atoms with Gasteiger partial charge in [-0.25, -0.2) is 4.68 Å². The van der Waals surface area contributed by atoms with Gasteiger partial charge < -0.3 is 14.6 Å². The quantitative estimate of drug-likeness (QED) is 0.639. The van der Waals surface area contributed by atoms with Crippen LogP contribution in [-0.4, -0.2) is 44.4 Å². The molecule has 160 valence electrons. The lowest BCUT2D eigenvalue weighted by Crippen LogP contribution is -3.10. The van der Waals surface area contributed by atoms with E-state index < -0.39 is 0 Å². The Hall–Kier alpha value is -2.58. The van der Waals surface area contributed by atoms with Crippen molar-refractivity contribution in [3.8, 4) is 0 Å². The van der Waals surface area contributed by atoms with Crippen molar-refractivity contribution in [3.63, 3.8) is 0 Å². The second kappa shape index (κ2) is 8.28. The van der Waals surface area contributed by atoms with Gasteiger partial charge in [-0.2, -0.15) is 0 Å². The Bertz CT molecular complexity index is 1080. The van der Waals surface area contributed by atoms with Gasteiger partial charge >= 0.3 is 0 Å². The standard InChI is InChI=1S/C22H30N6O2/c1-15-7-8-19-16(10-15)11-17(21(29)23-19)12-27(13-18-6-5-9-30-18)14-20-24-25-26-28(20)22(2,3)4/h7-8,10-11,18H,5-6,9,12-14H2,1-4H3,(H,23,29)/p+1/t18-/m1/s1. The summed E-state index contributed by atoms with van der Waals surface area (Å²) in [6.45, 7) is 11.2. The molecule has 2 atom stereocenters. The van der Waals surface area contributed by atoms with E-state index >= 15 is 0 Å². The summed E-state index contributed by atoms with van der Waals surface area (Å²) in [4.78, 5) is 17.0. The Morgan fingerprint density at radius 1 is 1.27 bits per heavy atom. The van der Waals surface area contributed by atoms with Crippen molar-refractivity contribution in [3.05, 3.63) is 51.6 Å². The molecule has 0 aliphatic carbocycles. The largest absolute Gasteiger partial charge is 0.372 e. The predicted octanol–water partition coefficient (Wildman–Crippen LogP) is 1.34. The lowest BCUT2D eigenvalue weighted by atomic mass is 10.1. The molecule has 0 saturated carbocycles. The number of nitrogens with zero attached hydrogens (tertiary/aromatic N) is 4. The number of aryl methyl sites for hydroxylation is 1. The van der Waals surface area contributed by atoms with Gasteiger partial charge in [0, 0.05) is 12.1 Å². The summed E-state index contributed by atoms with van der Waals surface area (Å²) in [5.74, 6) is 0.823. The van der Waals surface area contributed by atoms with E-state index in [4.69, 9.17) is 4.74 Å². The normalized spacial score (nSPS) is 18.2. The number of ether oxygens (including phenoxy) is 1. The molecule has 1 saturated heterocycles. The molecule has 3 aromatic rings. The molecular weight excluding hydrogens is 380 g/mol. The molecule has 1 aromatic carbocycles. The zero-order valence-electron chi connectivity index (χ0n) is 18.2. The Kier molecular flexibility index (Phi) is 5.71. The van der Waals surface area contributed by atoms with Crippen LogP contribution in [0.2, 0.25) is 0 Å². The molecule has 0 bridgehead atoms. The predicted molar refractivity (Wildman–Crippen MR) is 114 cm³/mol. The van der Waals surface area contributed by atoms with Crippen molar-refractivity contribution >= 4 is 10.9 Å². The fraction of sp³-hybridized carbons (Fsp3) is 0.545. The minimum Gasteiger partial charge on any atom is -0.372 e. The van der Waals surface area contributed by atoms with Gasteiger partial charge in [0.2, 0.25) is 5.82 Å². The number of rotatable bonds is 6. The van der Waals surface area contributed by atoms with Gasteiger partial charge in [-0.1, -0.05) is 11.6 Å². The number of H-pyrrole nitrogens is 1. The van der Waals surface area contributed by atoms with E-state index in [1.165, 1.54) is 10.5 Å². The van der Waals surface area contributed by atoms with Gasteiger partial charge in [0.05, 0.1) is 11.1 Å². The van der Waals surface area contributed by atoms with Crippen LogP contribution in [0.3, 0.4) is 0 Å². The first-order chi connectivity index (χ1) is 14.3. The highest BCUT2D eigenvalue weighted by Gasteiger charge is 2.27. The van der Waals surface area contributed by atoms with Gasteiger partial charge in [-0.3, -0.25) is 4.79 Å². The monoisotopic (exact) mass is 411 g/mol. The number of fused-ring (bicyclic) bond motifs is 1. The maximum atomic E-state index is 12.8. The summed E-state index contributed by atoms with van der Waals surface area (Å²) >= 11 is 0. The van der Waals surface area contributed by atoms with Crippen LogP contribution in [0.15, 0.2) is 29.1 Å². The Balaban J connectivity index is 1.63. The van der Waals surface area contributed by atoms with E-state index in [0.29, 0.717) is 13.1 Å². The molecule has 2 aromatic heterocycles. The van der Waals surface area contributed by atoms with Gasteiger partial charge in [0.25, 0.3) is 5.56 Å². The van der Waals surface area contributed by atoms with Crippen LogP contribution in [0.4, 0.5) is 0 Å². The molecule has 0 amide bonds. The molecule has 4 rings (SSSR count). The minimum atomic E-state index is -0.203. The SMILES string of the molecule is Cc1ccc2[nH]c(=O)c(C[NH+](Cc3nnnn3C(C)(C)C)C[C@H]3CCCO3)cc2c1. The van der Waals surface area contributed by atoms with Crippen molar-refractivity contribution in [1.82, 2.24) is 25.2 Å². The number of hydrogen-bond donors (Lipinski definition) is 2. The van der Waals surface area contributed by atoms with Gasteiger partial charge in [0.15, 0.2) is 0 Å². The fourth-order valence-electron chi connectivity index (χ4n) is 4.17. The molecular formula is C22H31N6O2+. The second-order valence-electron chi connectivity index (χ2n) is 9.33. The van der Waals surface area contributed by atoms with Crippen LogP contribution in [-0.2, 0) is 23.4 Å². The third kappa shape index (κ3) is 4.60. The topological polar surface area (TPSA) is 90.1 Å². The van der Waals surface area contributed by atoms with E-state index in [2.05, 4.69) is 54.3 Å². The maximum Gasteiger partial charge on any atom is 0.257 e. The number of benzene rings is 1. The van der Waals surface area contributed by atoms with E-state index in [0.717, 1.165) is 48.3 Å². The molecule has 1 unspecified atom stereocenters. The van der Waals surface area contributed by atoms with Crippen molar-refractivity contribution in [2.45, 2.75) is 65.3 Å². The highest BCUT2D eigenvalue weighted by Crippen LogP contribution is 2.15. The Morgan fingerprint density at radius 3 is 2.83 bits per heavy atom. The first-order valence-electron chi connectivity index (χ1n) is 10.6. The number of pyridine rings is 1. The number of hydrogen-bond acceptors (Lipinski definition) is 5. The summed E-state index contributed by atoms with van der Waals surface area (Å²) in [5.41, 5.74) is 2.58. The summed E-state index contributed by atoms with van der Waals surface area (Å²) in [6, 6.07) is 8.10. The van der Waals surface area contributed by atoms with Gasteiger partial charge in [0.1, 0.15) is 25.7 Å². The first-order valence-corrected chi connectivity index (χ1v) is 10.6. The molecule has 8 heteroatoms. The van der Waals surface area contributed by atoms with E-state index in [-0.39, 0.29) is 17.2 Å². The molecule has 30 heavy (non-hydrogen) atoms. The molecule has 1 fully saturated rings. The average molecular weight is 412 g/mol. The smallest absolute Gasteiger partial charge is 0.257 e.